The number of rotatable bonds is 3. The van der Waals surface area contributed by atoms with E-state index < -0.39 is 0 Å². The molecule has 6 heteroatoms. The SMILES string of the molecule is CCOC(=O)C1=C(C)Oc2nc3c(c(N)c2[C@H]1c1cccs1)CCCC3. The molecule has 1 atom stereocenters. The Labute approximate surface area is 156 Å². The van der Waals surface area contributed by atoms with Gasteiger partial charge in [-0.2, -0.15) is 0 Å². The Morgan fingerprint density at radius 1 is 1.42 bits per heavy atom. The first-order chi connectivity index (χ1) is 12.6. The Morgan fingerprint density at radius 2 is 2.23 bits per heavy atom. The lowest BCUT2D eigenvalue weighted by Crippen LogP contribution is -2.26. The van der Waals surface area contributed by atoms with Gasteiger partial charge < -0.3 is 15.2 Å². The molecule has 2 aliphatic rings. The summed E-state index contributed by atoms with van der Waals surface area (Å²) in [5.41, 5.74) is 10.8. The Hall–Kier alpha value is -2.34. The van der Waals surface area contributed by atoms with E-state index in [-0.39, 0.29) is 11.9 Å². The molecule has 2 aromatic heterocycles. The molecule has 5 nitrogen and oxygen atoms in total. The maximum atomic E-state index is 12.7. The molecule has 3 heterocycles. The van der Waals surface area contributed by atoms with E-state index >= 15 is 0 Å². The Kier molecular flexibility index (Phi) is 4.44. The Bertz CT molecular complexity index is 887. The van der Waals surface area contributed by atoms with Crippen molar-refractivity contribution in [3.63, 3.8) is 0 Å². The fraction of sp³-hybridized carbons (Fsp3) is 0.400. The van der Waals surface area contributed by atoms with E-state index in [1.807, 2.05) is 17.5 Å². The van der Waals surface area contributed by atoms with Crippen LogP contribution in [0.5, 0.6) is 5.88 Å². The zero-order chi connectivity index (χ0) is 18.3. The van der Waals surface area contributed by atoms with E-state index in [1.165, 1.54) is 0 Å². The minimum atomic E-state index is -0.355. The first-order valence-electron chi connectivity index (χ1n) is 9.02. The van der Waals surface area contributed by atoms with Crippen LogP contribution in [0.2, 0.25) is 0 Å². The summed E-state index contributed by atoms with van der Waals surface area (Å²) in [6, 6.07) is 4.01. The number of hydrogen-bond acceptors (Lipinski definition) is 6. The second-order valence-corrected chi connectivity index (χ2v) is 7.60. The van der Waals surface area contributed by atoms with Crippen LogP contribution in [-0.2, 0) is 22.4 Å². The number of aromatic nitrogens is 1. The van der Waals surface area contributed by atoms with E-state index in [0.29, 0.717) is 23.8 Å². The van der Waals surface area contributed by atoms with Crippen LogP contribution in [0.1, 0.15) is 54.3 Å². The van der Waals surface area contributed by atoms with Crippen LogP contribution in [0.15, 0.2) is 28.8 Å². The van der Waals surface area contributed by atoms with Crippen molar-refractivity contribution in [1.29, 1.82) is 0 Å². The van der Waals surface area contributed by atoms with Crippen LogP contribution < -0.4 is 10.5 Å². The molecule has 0 amide bonds. The second-order valence-electron chi connectivity index (χ2n) is 6.62. The van der Waals surface area contributed by atoms with Crippen molar-refractivity contribution in [2.24, 2.45) is 0 Å². The van der Waals surface area contributed by atoms with Crippen molar-refractivity contribution >= 4 is 23.0 Å². The molecule has 136 valence electrons. The fourth-order valence-corrected chi connectivity index (χ4v) is 4.72. The Balaban J connectivity index is 1.93. The number of carbonyl (C=O) groups excluding carboxylic acids is 1. The summed E-state index contributed by atoms with van der Waals surface area (Å²) in [6.45, 7) is 3.92. The average molecular weight is 370 g/mol. The monoisotopic (exact) mass is 370 g/mol. The van der Waals surface area contributed by atoms with Gasteiger partial charge in [-0.1, -0.05) is 6.07 Å². The standard InChI is InChI=1S/C20H22N2O3S/c1-3-24-20(23)15-11(2)25-19-17(16(15)14-9-6-10-26-14)18(21)12-7-4-5-8-13(12)22-19/h6,9-10,16H,3-5,7-8H2,1-2H3,(H2,21,22)/t16-/m0/s1. The van der Waals surface area contributed by atoms with Crippen molar-refractivity contribution in [1.82, 2.24) is 4.98 Å². The van der Waals surface area contributed by atoms with Crippen molar-refractivity contribution in [2.45, 2.75) is 45.4 Å². The molecule has 0 aromatic carbocycles. The predicted molar refractivity (Wildman–Crippen MR) is 101 cm³/mol. The molecule has 2 N–H and O–H groups in total. The summed E-state index contributed by atoms with van der Waals surface area (Å²) in [5, 5.41) is 2.00. The molecule has 0 spiro atoms. The van der Waals surface area contributed by atoms with Crippen molar-refractivity contribution in [3.8, 4) is 5.88 Å². The van der Waals surface area contributed by atoms with Crippen molar-refractivity contribution in [2.75, 3.05) is 12.3 Å². The van der Waals surface area contributed by atoms with Gasteiger partial charge in [0.1, 0.15) is 5.76 Å². The largest absolute Gasteiger partial charge is 0.463 e. The van der Waals surface area contributed by atoms with E-state index in [1.54, 1.807) is 25.2 Å². The smallest absolute Gasteiger partial charge is 0.338 e. The molecular weight excluding hydrogens is 348 g/mol. The fourth-order valence-electron chi connectivity index (χ4n) is 3.88. The molecule has 1 aliphatic heterocycles. The number of allylic oxidation sites excluding steroid dienone is 1. The van der Waals surface area contributed by atoms with Crippen LogP contribution in [-0.4, -0.2) is 17.6 Å². The van der Waals surface area contributed by atoms with Crippen LogP contribution in [0.3, 0.4) is 0 Å². The highest BCUT2D eigenvalue weighted by molar-refractivity contribution is 7.10. The third-order valence-corrected chi connectivity index (χ3v) is 5.99. The van der Waals surface area contributed by atoms with Gasteiger partial charge in [-0.25, -0.2) is 9.78 Å². The molecule has 0 saturated heterocycles. The first kappa shape index (κ1) is 17.1. The zero-order valence-electron chi connectivity index (χ0n) is 15.0. The molecule has 0 unspecified atom stereocenters. The van der Waals surface area contributed by atoms with Gasteiger partial charge in [-0.15, -0.1) is 11.3 Å². The highest BCUT2D eigenvalue weighted by Gasteiger charge is 2.39. The summed E-state index contributed by atoms with van der Waals surface area (Å²) < 4.78 is 11.3. The number of ether oxygens (including phenoxy) is 2. The third kappa shape index (κ3) is 2.69. The minimum Gasteiger partial charge on any atom is -0.463 e. The molecule has 26 heavy (non-hydrogen) atoms. The zero-order valence-corrected chi connectivity index (χ0v) is 15.8. The van der Waals surface area contributed by atoms with E-state index in [2.05, 4.69) is 0 Å². The summed E-state index contributed by atoms with van der Waals surface area (Å²) in [4.78, 5) is 18.5. The van der Waals surface area contributed by atoms with Crippen LogP contribution >= 0.6 is 11.3 Å². The van der Waals surface area contributed by atoms with Crippen molar-refractivity contribution in [3.05, 3.63) is 50.5 Å². The number of nitrogens with two attached hydrogens (primary N) is 1. The minimum absolute atomic E-state index is 0.294. The van der Waals surface area contributed by atoms with E-state index in [0.717, 1.165) is 53.1 Å². The number of aryl methyl sites for hydroxylation is 1. The molecule has 0 saturated carbocycles. The number of esters is 1. The Morgan fingerprint density at radius 3 is 2.96 bits per heavy atom. The van der Waals surface area contributed by atoms with E-state index in [9.17, 15) is 4.79 Å². The lowest BCUT2D eigenvalue weighted by molar-refractivity contribution is -0.139. The molecule has 0 bridgehead atoms. The normalized spacial score (nSPS) is 18.8. The number of nitrogen functional groups attached to an aromatic ring is 1. The molecule has 0 radical (unpaired) electrons. The highest BCUT2D eigenvalue weighted by Crippen LogP contribution is 2.48. The third-order valence-electron chi connectivity index (χ3n) is 5.05. The quantitative estimate of drug-likeness (QED) is 0.828. The van der Waals surface area contributed by atoms with Gasteiger partial charge in [0.25, 0.3) is 0 Å². The number of thiophene rings is 1. The van der Waals surface area contributed by atoms with E-state index in [4.69, 9.17) is 20.2 Å². The number of pyridine rings is 1. The van der Waals surface area contributed by atoms with Gasteiger partial charge in [0, 0.05) is 16.3 Å². The maximum absolute atomic E-state index is 12.7. The van der Waals surface area contributed by atoms with Gasteiger partial charge in [-0.3, -0.25) is 0 Å². The summed E-state index contributed by atoms with van der Waals surface area (Å²) in [6.07, 6.45) is 4.08. The summed E-state index contributed by atoms with van der Waals surface area (Å²) >= 11 is 1.60. The highest BCUT2D eigenvalue weighted by atomic mass is 32.1. The van der Waals surface area contributed by atoms with Gasteiger partial charge in [0.05, 0.1) is 23.7 Å². The average Bonchev–Trinajstić information content (AvgIpc) is 3.15. The summed E-state index contributed by atoms with van der Waals surface area (Å²) in [7, 11) is 0. The molecule has 0 fully saturated rings. The second kappa shape index (κ2) is 6.76. The number of nitrogens with zero attached hydrogens (tertiary/aromatic N) is 1. The van der Waals surface area contributed by atoms with Crippen LogP contribution in [0.25, 0.3) is 0 Å². The molecule has 1 aliphatic carbocycles. The molecule has 2 aromatic rings. The van der Waals surface area contributed by atoms with Crippen LogP contribution in [0.4, 0.5) is 5.69 Å². The molecule has 4 rings (SSSR count). The first-order valence-corrected chi connectivity index (χ1v) is 9.90. The topological polar surface area (TPSA) is 74.4 Å². The van der Waals surface area contributed by atoms with Gasteiger partial charge in [-0.05, 0) is 56.5 Å². The summed E-state index contributed by atoms with van der Waals surface area (Å²) in [5.74, 6) is 0.424. The number of carbonyl (C=O) groups is 1. The van der Waals surface area contributed by atoms with Gasteiger partial charge >= 0.3 is 5.97 Å². The van der Waals surface area contributed by atoms with Crippen LogP contribution in [0, 0.1) is 0 Å². The lowest BCUT2D eigenvalue weighted by atomic mass is 9.83. The van der Waals surface area contributed by atoms with Crippen molar-refractivity contribution < 1.29 is 14.3 Å². The van der Waals surface area contributed by atoms with Gasteiger partial charge in [0.15, 0.2) is 0 Å². The van der Waals surface area contributed by atoms with Gasteiger partial charge in [0.2, 0.25) is 5.88 Å². The lowest BCUT2D eigenvalue weighted by Gasteiger charge is -2.31. The number of anilines is 1. The molecular formula is C20H22N2O3S. The number of fused-ring (bicyclic) bond motifs is 2. The maximum Gasteiger partial charge on any atom is 0.338 e. The number of hydrogen-bond donors (Lipinski definition) is 1. The predicted octanol–water partition coefficient (Wildman–Crippen LogP) is 3.97.